The summed E-state index contributed by atoms with van der Waals surface area (Å²) in [6, 6.07) is 9.21. The first-order chi connectivity index (χ1) is 12.9. The molecular formula is C16H22N3O7P. The maximum absolute atomic E-state index is 12.6. The molecule has 1 N–H and O–H groups in total. The second-order valence-corrected chi connectivity index (χ2v) is 7.79. The zero-order chi connectivity index (χ0) is 19.9. The van der Waals surface area contributed by atoms with Crippen molar-refractivity contribution in [1.29, 1.82) is 0 Å². The number of hydrogen-bond acceptors (Lipinski definition) is 9. The summed E-state index contributed by atoms with van der Waals surface area (Å²) in [4.78, 5) is 11.8. The minimum absolute atomic E-state index is 0.0580. The highest BCUT2D eigenvalue weighted by atomic mass is 31.2. The quantitative estimate of drug-likeness (QED) is 0.467. The predicted octanol–water partition coefficient (Wildman–Crippen LogP) is 1.45. The number of methoxy groups -OCH3 is 1. The smallest absolute Gasteiger partial charge is 0.361 e. The van der Waals surface area contributed by atoms with Gasteiger partial charge in [-0.3, -0.25) is 4.57 Å². The fourth-order valence-corrected chi connectivity index (χ4v) is 3.50. The van der Waals surface area contributed by atoms with Gasteiger partial charge >= 0.3 is 13.6 Å². The molecule has 0 aliphatic carbocycles. The van der Waals surface area contributed by atoms with Crippen LogP contribution in [0.1, 0.15) is 16.1 Å². The maximum atomic E-state index is 12.6. The van der Waals surface area contributed by atoms with Crippen molar-refractivity contribution in [2.75, 3.05) is 21.3 Å². The van der Waals surface area contributed by atoms with Gasteiger partial charge in [0.05, 0.1) is 26.5 Å². The Kier molecular flexibility index (Phi) is 7.64. The van der Waals surface area contributed by atoms with Crippen LogP contribution in [0.3, 0.4) is 0 Å². The van der Waals surface area contributed by atoms with E-state index in [1.807, 2.05) is 30.3 Å². The number of hydrogen-bond donors (Lipinski definition) is 1. The Morgan fingerprint density at radius 1 is 1.22 bits per heavy atom. The summed E-state index contributed by atoms with van der Waals surface area (Å²) in [5.74, 6) is -2.27. The van der Waals surface area contributed by atoms with Crippen LogP contribution >= 0.6 is 7.60 Å². The molecule has 2 aromatic rings. The van der Waals surface area contributed by atoms with Crippen molar-refractivity contribution < 1.29 is 33.0 Å². The molecule has 1 heterocycles. The van der Waals surface area contributed by atoms with Gasteiger partial charge in [0.1, 0.15) is 6.10 Å². The molecule has 0 saturated heterocycles. The monoisotopic (exact) mass is 399 g/mol. The van der Waals surface area contributed by atoms with Crippen molar-refractivity contribution in [2.45, 2.75) is 25.1 Å². The summed E-state index contributed by atoms with van der Waals surface area (Å²) in [6.07, 6.45) is 0.152. The molecule has 1 aromatic heterocycles. The van der Waals surface area contributed by atoms with Gasteiger partial charge in [-0.1, -0.05) is 35.5 Å². The van der Waals surface area contributed by atoms with E-state index in [-0.39, 0.29) is 18.8 Å². The van der Waals surface area contributed by atoms with E-state index in [9.17, 15) is 14.5 Å². The Balaban J connectivity index is 2.25. The largest absolute Gasteiger partial charge is 0.464 e. The summed E-state index contributed by atoms with van der Waals surface area (Å²) in [5, 5.41) is 18.0. The lowest BCUT2D eigenvalue weighted by Gasteiger charge is -2.27. The first kappa shape index (κ1) is 21.2. The molecule has 27 heavy (non-hydrogen) atoms. The van der Waals surface area contributed by atoms with Gasteiger partial charge in [-0.2, -0.15) is 0 Å². The Bertz CT molecular complexity index is 775. The summed E-state index contributed by atoms with van der Waals surface area (Å²) < 4.78 is 34.0. The molecule has 0 amide bonds. The van der Waals surface area contributed by atoms with E-state index < -0.39 is 25.5 Å². The van der Waals surface area contributed by atoms with Crippen molar-refractivity contribution in [3.63, 3.8) is 0 Å². The maximum Gasteiger partial charge on any atom is 0.361 e. The molecule has 10 nitrogen and oxygen atoms in total. The second-order valence-electron chi connectivity index (χ2n) is 5.45. The van der Waals surface area contributed by atoms with Gasteiger partial charge in [0.25, 0.3) is 0 Å². The molecule has 2 rings (SSSR count). The highest BCUT2D eigenvalue weighted by Crippen LogP contribution is 2.52. The van der Waals surface area contributed by atoms with E-state index in [1.165, 1.54) is 18.0 Å². The average Bonchev–Trinajstić information content (AvgIpc) is 3.18. The number of ether oxygens (including phenoxy) is 2. The number of benzene rings is 1. The van der Waals surface area contributed by atoms with Gasteiger partial charge in [0, 0.05) is 14.2 Å². The number of carbonyl (C=O) groups excluding carboxylic acids is 1. The van der Waals surface area contributed by atoms with E-state index >= 15 is 0 Å². The first-order valence-electron chi connectivity index (χ1n) is 7.96. The molecule has 2 atom stereocenters. The van der Waals surface area contributed by atoms with Crippen LogP contribution in [0.25, 0.3) is 0 Å². The summed E-state index contributed by atoms with van der Waals surface area (Å²) in [6.45, 7) is -0.00655. The van der Waals surface area contributed by atoms with Gasteiger partial charge in [-0.15, -0.1) is 5.10 Å². The summed E-state index contributed by atoms with van der Waals surface area (Å²) in [5.41, 5.74) is 0.897. The predicted molar refractivity (Wildman–Crippen MR) is 94.0 cm³/mol. The van der Waals surface area contributed by atoms with E-state index in [4.69, 9.17) is 13.8 Å². The zero-order valence-electron chi connectivity index (χ0n) is 15.2. The van der Waals surface area contributed by atoms with Crippen LogP contribution in [0, 0.1) is 0 Å². The van der Waals surface area contributed by atoms with Crippen molar-refractivity contribution in [3.8, 4) is 0 Å². The second kappa shape index (κ2) is 9.72. The van der Waals surface area contributed by atoms with E-state index in [1.54, 1.807) is 0 Å². The van der Waals surface area contributed by atoms with Gasteiger partial charge in [0.15, 0.2) is 11.5 Å². The number of aliphatic hydroxyl groups is 1. The van der Waals surface area contributed by atoms with Crippen LogP contribution in [-0.2, 0) is 36.2 Å². The lowest BCUT2D eigenvalue weighted by Crippen LogP contribution is -2.35. The molecular weight excluding hydrogens is 377 g/mol. The zero-order valence-corrected chi connectivity index (χ0v) is 16.1. The molecule has 0 spiro atoms. The molecule has 0 radical (unpaired) electrons. The van der Waals surface area contributed by atoms with Crippen LogP contribution in [0.4, 0.5) is 0 Å². The highest BCUT2D eigenvalue weighted by Gasteiger charge is 2.40. The van der Waals surface area contributed by atoms with Crippen molar-refractivity contribution in [2.24, 2.45) is 0 Å². The summed E-state index contributed by atoms with van der Waals surface area (Å²) in [7, 11) is -0.309. The van der Waals surface area contributed by atoms with Crippen LogP contribution in [0.5, 0.6) is 0 Å². The number of rotatable bonds is 10. The van der Waals surface area contributed by atoms with Crippen LogP contribution in [-0.4, -0.2) is 59.3 Å². The van der Waals surface area contributed by atoms with Crippen molar-refractivity contribution in [3.05, 3.63) is 47.8 Å². The Morgan fingerprint density at radius 2 is 1.89 bits per heavy atom. The van der Waals surface area contributed by atoms with Gasteiger partial charge in [-0.05, 0) is 5.56 Å². The molecule has 0 unspecified atom stereocenters. The summed E-state index contributed by atoms with van der Waals surface area (Å²) >= 11 is 0. The van der Waals surface area contributed by atoms with E-state index in [2.05, 4.69) is 15.0 Å². The van der Waals surface area contributed by atoms with Crippen LogP contribution < -0.4 is 0 Å². The number of carbonyl (C=O) groups is 1. The minimum atomic E-state index is -3.86. The lowest BCUT2D eigenvalue weighted by atomic mass is 10.2. The Labute approximate surface area is 156 Å². The lowest BCUT2D eigenvalue weighted by molar-refractivity contribution is -0.0357. The standard InChI is InChI=1S/C16H22N3O7P/c1-23-15(20)13-9-17-18-19(13)10-14(16(21)27(22,24-2)25-3)26-11-12-7-5-4-6-8-12/h4-9,14,16,21H,10-11H2,1-3H3/t14-,16+/m0/s1. The van der Waals surface area contributed by atoms with Crippen LogP contribution in [0.2, 0.25) is 0 Å². The molecule has 0 aliphatic heterocycles. The number of aliphatic hydroxyl groups excluding tert-OH is 1. The fraction of sp³-hybridized carbons (Fsp3) is 0.438. The number of esters is 1. The molecule has 1 aromatic carbocycles. The van der Waals surface area contributed by atoms with Crippen molar-refractivity contribution in [1.82, 2.24) is 15.0 Å². The fourth-order valence-electron chi connectivity index (χ4n) is 2.33. The third-order valence-electron chi connectivity index (χ3n) is 3.84. The van der Waals surface area contributed by atoms with Gasteiger partial charge in [-0.25, -0.2) is 9.48 Å². The minimum Gasteiger partial charge on any atom is -0.464 e. The molecule has 0 fully saturated rings. The third kappa shape index (κ3) is 5.21. The first-order valence-corrected chi connectivity index (χ1v) is 9.58. The third-order valence-corrected chi connectivity index (χ3v) is 5.84. The van der Waals surface area contributed by atoms with Gasteiger partial charge in [0.2, 0.25) is 0 Å². The Hall–Kier alpha value is -2.10. The normalized spacial score (nSPS) is 13.9. The molecule has 0 bridgehead atoms. The number of nitrogens with zero attached hydrogens (tertiary/aromatic N) is 3. The van der Waals surface area contributed by atoms with Gasteiger partial charge < -0.3 is 23.6 Å². The van der Waals surface area contributed by atoms with Crippen molar-refractivity contribution >= 4 is 13.6 Å². The van der Waals surface area contributed by atoms with Crippen LogP contribution in [0.15, 0.2) is 36.5 Å². The molecule has 0 aliphatic rings. The highest BCUT2D eigenvalue weighted by molar-refractivity contribution is 7.54. The Morgan fingerprint density at radius 3 is 2.48 bits per heavy atom. The topological polar surface area (TPSA) is 122 Å². The number of aromatic nitrogens is 3. The molecule has 11 heteroatoms. The molecule has 148 valence electrons. The van der Waals surface area contributed by atoms with E-state index in [0.29, 0.717) is 0 Å². The van der Waals surface area contributed by atoms with E-state index in [0.717, 1.165) is 19.8 Å². The SMILES string of the molecule is COC(=O)c1cnnn1C[C@H](OCc1ccccc1)[C@H](O)P(=O)(OC)OC. The average molecular weight is 399 g/mol. The molecule has 0 saturated carbocycles.